The third kappa shape index (κ3) is 2.03. The lowest BCUT2D eigenvalue weighted by molar-refractivity contribution is 1.03. The van der Waals surface area contributed by atoms with Gasteiger partial charge in [0, 0.05) is 0 Å². The molecule has 0 heterocycles. The molecule has 3 rings (SSSR count). The summed E-state index contributed by atoms with van der Waals surface area (Å²) in [6.07, 6.45) is 1.25. The van der Waals surface area contributed by atoms with Crippen molar-refractivity contribution in [1.82, 2.24) is 0 Å². The van der Waals surface area contributed by atoms with E-state index in [1.807, 2.05) is 0 Å². The van der Waals surface area contributed by atoms with Crippen LogP contribution >= 0.6 is 0 Å². The van der Waals surface area contributed by atoms with Crippen LogP contribution in [-0.4, -0.2) is 0 Å². The molecule has 1 fully saturated rings. The predicted octanol–water partition coefficient (Wildman–Crippen LogP) is 4.50. The van der Waals surface area contributed by atoms with Crippen molar-refractivity contribution in [3.63, 3.8) is 0 Å². The van der Waals surface area contributed by atoms with Crippen LogP contribution in [0.5, 0.6) is 0 Å². The maximum Gasteiger partial charge on any atom is -0.00868 e. The first-order valence-corrected chi connectivity index (χ1v) is 6.15. The Morgan fingerprint density at radius 1 is 0.882 bits per heavy atom. The Morgan fingerprint density at radius 3 is 2.12 bits per heavy atom. The van der Waals surface area contributed by atoms with Gasteiger partial charge >= 0.3 is 0 Å². The molecule has 2 aromatic carbocycles. The summed E-state index contributed by atoms with van der Waals surface area (Å²) in [6, 6.07) is 21.3. The molecule has 0 N–H and O–H groups in total. The van der Waals surface area contributed by atoms with Crippen LogP contribution in [0.4, 0.5) is 0 Å². The average Bonchev–Trinajstić information content (AvgIpc) is 3.20. The summed E-state index contributed by atoms with van der Waals surface area (Å²) in [6.45, 7) is 4.26. The normalized spacial score (nSPS) is 22.1. The fourth-order valence-electron chi connectivity index (χ4n) is 2.52. The minimum atomic E-state index is 0.639. The minimum absolute atomic E-state index is 0.639. The zero-order valence-electron chi connectivity index (χ0n) is 9.84. The Hall–Kier alpha value is -1.82. The zero-order chi connectivity index (χ0) is 11.7. The van der Waals surface area contributed by atoms with E-state index in [1.165, 1.54) is 23.1 Å². The van der Waals surface area contributed by atoms with E-state index in [0.29, 0.717) is 11.8 Å². The van der Waals surface area contributed by atoms with Crippen LogP contribution in [0.3, 0.4) is 0 Å². The topological polar surface area (TPSA) is 0 Å². The molecule has 0 radical (unpaired) electrons. The first-order chi connectivity index (χ1) is 8.36. The van der Waals surface area contributed by atoms with Gasteiger partial charge < -0.3 is 0 Å². The Morgan fingerprint density at radius 2 is 1.47 bits per heavy atom. The van der Waals surface area contributed by atoms with Gasteiger partial charge in [-0.05, 0) is 35.0 Å². The second-order valence-corrected chi connectivity index (χ2v) is 4.75. The van der Waals surface area contributed by atoms with Gasteiger partial charge in [-0.25, -0.2) is 0 Å². The molecule has 0 aliphatic heterocycles. The van der Waals surface area contributed by atoms with Crippen LogP contribution in [0, 0.1) is 5.92 Å². The van der Waals surface area contributed by atoms with E-state index < -0.39 is 0 Å². The Kier molecular flexibility index (Phi) is 2.56. The van der Waals surface area contributed by atoms with Crippen LogP contribution in [0.15, 0.2) is 67.2 Å². The summed E-state index contributed by atoms with van der Waals surface area (Å²) in [7, 11) is 0. The fourth-order valence-corrected chi connectivity index (χ4v) is 2.52. The van der Waals surface area contributed by atoms with Crippen LogP contribution in [0.1, 0.15) is 23.5 Å². The highest BCUT2D eigenvalue weighted by molar-refractivity contribution is 5.69. The summed E-state index contributed by atoms with van der Waals surface area (Å²) < 4.78 is 0. The number of allylic oxidation sites excluding steroid dienone is 1. The molecule has 0 amide bonds. The molecule has 17 heavy (non-hydrogen) atoms. The van der Waals surface area contributed by atoms with Crippen molar-refractivity contribution < 1.29 is 0 Å². The predicted molar refractivity (Wildman–Crippen MR) is 72.8 cm³/mol. The van der Waals surface area contributed by atoms with Gasteiger partial charge in [0.2, 0.25) is 0 Å². The number of benzene rings is 2. The second kappa shape index (κ2) is 4.21. The highest BCUT2D eigenvalue weighted by Crippen LogP contribution is 2.53. The van der Waals surface area contributed by atoms with E-state index in [9.17, 15) is 0 Å². The molecule has 84 valence electrons. The van der Waals surface area contributed by atoms with E-state index in [0.717, 1.165) is 0 Å². The lowest BCUT2D eigenvalue weighted by Gasteiger charge is -2.05. The maximum atomic E-state index is 4.26. The quantitative estimate of drug-likeness (QED) is 0.714. The minimum Gasteiger partial charge on any atom is -0.0949 e. The van der Waals surface area contributed by atoms with Crippen LogP contribution in [0.25, 0.3) is 5.57 Å². The molecule has 0 aromatic heterocycles. The number of rotatable bonds is 3. The molecular formula is C17H16. The first kappa shape index (κ1) is 10.3. The Bertz CT molecular complexity index is 510. The lowest BCUT2D eigenvalue weighted by atomic mass is 10.00. The summed E-state index contributed by atoms with van der Waals surface area (Å²) in [4.78, 5) is 0. The van der Waals surface area contributed by atoms with E-state index in [2.05, 4.69) is 67.2 Å². The lowest BCUT2D eigenvalue weighted by Crippen LogP contribution is -1.87. The summed E-state index contributed by atoms with van der Waals surface area (Å²) in [5.41, 5.74) is 4.03. The standard InChI is InChI=1S/C17H16/c1-13(14-8-4-2-5-9-14)16-12-17(16)15-10-6-3-7-11-15/h2-11,16-17H,1,12H2. The highest BCUT2D eigenvalue weighted by atomic mass is 14.4. The van der Waals surface area contributed by atoms with Crippen LogP contribution in [0.2, 0.25) is 0 Å². The summed E-state index contributed by atoms with van der Waals surface area (Å²) in [5.74, 6) is 1.32. The van der Waals surface area contributed by atoms with Crippen molar-refractivity contribution in [2.24, 2.45) is 5.92 Å². The van der Waals surface area contributed by atoms with Gasteiger partial charge in [-0.1, -0.05) is 67.2 Å². The molecule has 0 heteroatoms. The smallest absolute Gasteiger partial charge is 0.00868 e. The second-order valence-electron chi connectivity index (χ2n) is 4.75. The van der Waals surface area contributed by atoms with Crippen molar-refractivity contribution in [3.05, 3.63) is 78.4 Å². The van der Waals surface area contributed by atoms with Crippen LogP contribution in [-0.2, 0) is 0 Å². The zero-order valence-corrected chi connectivity index (χ0v) is 9.84. The van der Waals surface area contributed by atoms with Gasteiger partial charge in [-0.2, -0.15) is 0 Å². The molecule has 0 saturated heterocycles. The molecule has 2 aromatic rings. The van der Waals surface area contributed by atoms with Crippen LogP contribution < -0.4 is 0 Å². The number of hydrogen-bond donors (Lipinski definition) is 0. The van der Waals surface area contributed by atoms with Crippen molar-refractivity contribution in [3.8, 4) is 0 Å². The number of hydrogen-bond acceptors (Lipinski definition) is 0. The van der Waals surface area contributed by atoms with Gasteiger partial charge in [0.1, 0.15) is 0 Å². The first-order valence-electron chi connectivity index (χ1n) is 6.15. The Balaban J connectivity index is 1.76. The molecule has 2 unspecified atom stereocenters. The van der Waals surface area contributed by atoms with Gasteiger partial charge in [0.15, 0.2) is 0 Å². The van der Waals surface area contributed by atoms with Gasteiger partial charge in [-0.15, -0.1) is 0 Å². The van der Waals surface area contributed by atoms with Crippen molar-refractivity contribution >= 4 is 5.57 Å². The molecule has 1 saturated carbocycles. The monoisotopic (exact) mass is 220 g/mol. The third-order valence-electron chi connectivity index (χ3n) is 3.61. The molecule has 0 spiro atoms. The summed E-state index contributed by atoms with van der Waals surface area (Å²) >= 11 is 0. The van der Waals surface area contributed by atoms with E-state index in [4.69, 9.17) is 0 Å². The molecule has 0 bridgehead atoms. The Labute approximate surface area is 103 Å². The van der Waals surface area contributed by atoms with E-state index >= 15 is 0 Å². The van der Waals surface area contributed by atoms with Gasteiger partial charge in [0.25, 0.3) is 0 Å². The largest absolute Gasteiger partial charge is 0.0949 e. The van der Waals surface area contributed by atoms with Gasteiger partial charge in [0.05, 0.1) is 0 Å². The summed E-state index contributed by atoms with van der Waals surface area (Å²) in [5, 5.41) is 0. The van der Waals surface area contributed by atoms with Crippen molar-refractivity contribution in [2.75, 3.05) is 0 Å². The van der Waals surface area contributed by atoms with Gasteiger partial charge in [-0.3, -0.25) is 0 Å². The molecular weight excluding hydrogens is 204 g/mol. The van der Waals surface area contributed by atoms with E-state index in [-0.39, 0.29) is 0 Å². The average molecular weight is 220 g/mol. The maximum absolute atomic E-state index is 4.26. The third-order valence-corrected chi connectivity index (χ3v) is 3.61. The molecule has 1 aliphatic rings. The van der Waals surface area contributed by atoms with Crippen molar-refractivity contribution in [2.45, 2.75) is 12.3 Å². The molecule has 2 atom stereocenters. The molecule has 0 nitrogen and oxygen atoms in total. The fraction of sp³-hybridized carbons (Fsp3) is 0.176. The SMILES string of the molecule is C=C(c1ccccc1)C1CC1c1ccccc1. The molecule has 1 aliphatic carbocycles. The van der Waals surface area contributed by atoms with Crippen molar-refractivity contribution in [1.29, 1.82) is 0 Å². The highest BCUT2D eigenvalue weighted by Gasteiger charge is 2.40. The van der Waals surface area contributed by atoms with E-state index in [1.54, 1.807) is 0 Å².